The first-order chi connectivity index (χ1) is 14.2. The third-order valence-corrected chi connectivity index (χ3v) is 6.70. The Balaban J connectivity index is 1.59. The predicted octanol–water partition coefficient (Wildman–Crippen LogP) is 2.97. The second-order valence-electron chi connectivity index (χ2n) is 8.68. The van der Waals surface area contributed by atoms with Crippen molar-refractivity contribution in [3.63, 3.8) is 0 Å². The number of ether oxygens (including phenoxy) is 2. The lowest BCUT2D eigenvalue weighted by atomic mass is 10.1. The molecule has 0 bridgehead atoms. The summed E-state index contributed by atoms with van der Waals surface area (Å²) in [6.45, 7) is 10.4. The van der Waals surface area contributed by atoms with Crippen LogP contribution in [-0.2, 0) is 15.9 Å². The monoisotopic (exact) mass is 453 g/mol. The summed E-state index contributed by atoms with van der Waals surface area (Å²) in [5.41, 5.74) is -0.580. The number of morpholine rings is 1. The van der Waals surface area contributed by atoms with Crippen molar-refractivity contribution in [3.05, 3.63) is 23.5 Å². The van der Waals surface area contributed by atoms with Crippen LogP contribution in [0.15, 0.2) is 18.6 Å². The Morgan fingerprint density at radius 3 is 2.73 bits per heavy atom. The third kappa shape index (κ3) is 4.86. The molecule has 4 heterocycles. The second kappa shape index (κ2) is 8.55. The van der Waals surface area contributed by atoms with E-state index in [0.29, 0.717) is 39.3 Å². The van der Waals surface area contributed by atoms with Crippen molar-refractivity contribution in [1.82, 2.24) is 24.9 Å². The molecule has 164 valence electrons. The normalized spacial score (nSPS) is 24.3. The Hall–Kier alpha value is -1.52. The molecule has 0 N–H and O–H groups in total. The first-order valence-electron chi connectivity index (χ1n) is 10.2. The fraction of sp³-hybridized carbons (Fsp3) is 0.650. The van der Waals surface area contributed by atoms with Crippen LogP contribution in [0.3, 0.4) is 0 Å². The van der Waals surface area contributed by atoms with Crippen LogP contribution in [0.1, 0.15) is 25.6 Å². The first kappa shape index (κ1) is 21.7. The SMILES string of the molecule is CC(C)(C)OC(=O)N1CCN(N2CCOCC2)CC1(Cl)Cc1cc2cncnc2s1. The molecule has 2 aliphatic rings. The van der Waals surface area contributed by atoms with E-state index in [-0.39, 0.29) is 6.09 Å². The van der Waals surface area contributed by atoms with E-state index >= 15 is 0 Å². The van der Waals surface area contributed by atoms with Crippen LogP contribution in [0.25, 0.3) is 10.2 Å². The molecule has 30 heavy (non-hydrogen) atoms. The van der Waals surface area contributed by atoms with Gasteiger partial charge in [-0.25, -0.2) is 24.8 Å². The molecule has 1 atom stereocenters. The van der Waals surface area contributed by atoms with E-state index in [1.165, 1.54) is 0 Å². The highest BCUT2D eigenvalue weighted by molar-refractivity contribution is 7.18. The van der Waals surface area contributed by atoms with E-state index in [9.17, 15) is 4.79 Å². The zero-order chi connectivity index (χ0) is 21.4. The molecule has 8 nitrogen and oxygen atoms in total. The Morgan fingerprint density at radius 1 is 1.27 bits per heavy atom. The number of piperazine rings is 1. The molecule has 0 aliphatic carbocycles. The Kier molecular flexibility index (Phi) is 6.18. The van der Waals surface area contributed by atoms with Crippen molar-refractivity contribution in [3.8, 4) is 0 Å². The second-order valence-corrected chi connectivity index (χ2v) is 10.5. The van der Waals surface area contributed by atoms with Gasteiger partial charge in [-0.3, -0.25) is 4.90 Å². The van der Waals surface area contributed by atoms with Gasteiger partial charge in [0, 0.05) is 49.1 Å². The molecule has 0 aromatic carbocycles. The summed E-state index contributed by atoms with van der Waals surface area (Å²) in [5.74, 6) is 0. The van der Waals surface area contributed by atoms with Crippen molar-refractivity contribution in [2.24, 2.45) is 0 Å². The number of aromatic nitrogens is 2. The number of amides is 1. The van der Waals surface area contributed by atoms with Crippen LogP contribution in [0, 0.1) is 0 Å². The van der Waals surface area contributed by atoms with Crippen LogP contribution >= 0.6 is 22.9 Å². The molecule has 2 aromatic heterocycles. The lowest BCUT2D eigenvalue weighted by Crippen LogP contribution is -2.66. The minimum atomic E-state index is -0.923. The van der Waals surface area contributed by atoms with Gasteiger partial charge in [0.25, 0.3) is 0 Å². The first-order valence-corrected chi connectivity index (χ1v) is 11.4. The molecule has 1 amide bonds. The van der Waals surface area contributed by atoms with Crippen molar-refractivity contribution < 1.29 is 14.3 Å². The number of hydrogen-bond acceptors (Lipinski definition) is 8. The number of thiophene rings is 1. The van der Waals surface area contributed by atoms with Gasteiger partial charge in [0.05, 0.1) is 19.8 Å². The highest BCUT2D eigenvalue weighted by atomic mass is 35.5. The fourth-order valence-corrected chi connectivity index (χ4v) is 5.44. The van der Waals surface area contributed by atoms with E-state index in [1.807, 2.05) is 20.8 Å². The summed E-state index contributed by atoms with van der Waals surface area (Å²) in [7, 11) is 0. The summed E-state index contributed by atoms with van der Waals surface area (Å²) in [6.07, 6.45) is 3.48. The Morgan fingerprint density at radius 2 is 2.03 bits per heavy atom. The van der Waals surface area contributed by atoms with Crippen LogP contribution in [0.2, 0.25) is 0 Å². The van der Waals surface area contributed by atoms with Gasteiger partial charge >= 0.3 is 6.09 Å². The Labute approximate surface area is 185 Å². The number of alkyl halides is 1. The molecule has 0 spiro atoms. The Bertz CT molecular complexity index is 865. The molecular weight excluding hydrogens is 426 g/mol. The average molecular weight is 454 g/mol. The molecule has 2 aromatic rings. The van der Waals surface area contributed by atoms with E-state index in [0.717, 1.165) is 28.2 Å². The van der Waals surface area contributed by atoms with E-state index in [2.05, 4.69) is 26.1 Å². The van der Waals surface area contributed by atoms with Gasteiger partial charge in [0.2, 0.25) is 0 Å². The number of carbonyl (C=O) groups excluding carboxylic acids is 1. The van der Waals surface area contributed by atoms with Crippen molar-refractivity contribution in [2.45, 2.75) is 37.8 Å². The lowest BCUT2D eigenvalue weighted by molar-refractivity contribution is -0.125. The number of halogens is 1. The number of rotatable bonds is 3. The van der Waals surface area contributed by atoms with Crippen molar-refractivity contribution in [1.29, 1.82) is 0 Å². The molecule has 2 fully saturated rings. The smallest absolute Gasteiger partial charge is 0.411 e. The van der Waals surface area contributed by atoms with Gasteiger partial charge in [0.15, 0.2) is 0 Å². The number of fused-ring (bicyclic) bond motifs is 1. The topological polar surface area (TPSA) is 71.0 Å². The summed E-state index contributed by atoms with van der Waals surface area (Å²) < 4.78 is 11.2. The van der Waals surface area contributed by atoms with Gasteiger partial charge in [-0.05, 0) is 26.8 Å². The predicted molar refractivity (Wildman–Crippen MR) is 117 cm³/mol. The maximum absolute atomic E-state index is 13.0. The van der Waals surface area contributed by atoms with Crippen LogP contribution < -0.4 is 0 Å². The summed E-state index contributed by atoms with van der Waals surface area (Å²) >= 11 is 8.82. The minimum absolute atomic E-state index is 0.375. The van der Waals surface area contributed by atoms with Crippen LogP contribution in [0.5, 0.6) is 0 Å². The number of nitrogens with zero attached hydrogens (tertiary/aromatic N) is 5. The zero-order valence-electron chi connectivity index (χ0n) is 17.6. The number of hydrazine groups is 1. The van der Waals surface area contributed by atoms with Gasteiger partial charge < -0.3 is 9.47 Å². The van der Waals surface area contributed by atoms with Gasteiger partial charge in [0.1, 0.15) is 21.8 Å². The molecule has 0 radical (unpaired) electrons. The third-order valence-electron chi connectivity index (χ3n) is 5.18. The summed E-state index contributed by atoms with van der Waals surface area (Å²) in [5, 5.41) is 5.52. The quantitative estimate of drug-likeness (QED) is 0.522. The van der Waals surface area contributed by atoms with E-state index in [4.69, 9.17) is 21.1 Å². The summed E-state index contributed by atoms with van der Waals surface area (Å²) in [4.78, 5) is 24.2. The largest absolute Gasteiger partial charge is 0.444 e. The van der Waals surface area contributed by atoms with Crippen LogP contribution in [0.4, 0.5) is 4.79 Å². The number of hydrogen-bond donors (Lipinski definition) is 0. The lowest BCUT2D eigenvalue weighted by Gasteiger charge is -2.50. The van der Waals surface area contributed by atoms with Gasteiger partial charge in [-0.15, -0.1) is 11.3 Å². The zero-order valence-corrected chi connectivity index (χ0v) is 19.2. The highest BCUT2D eigenvalue weighted by Gasteiger charge is 2.46. The number of carbonyl (C=O) groups is 1. The molecule has 4 rings (SSSR count). The van der Waals surface area contributed by atoms with Crippen molar-refractivity contribution in [2.75, 3.05) is 45.9 Å². The highest BCUT2D eigenvalue weighted by Crippen LogP contribution is 2.35. The minimum Gasteiger partial charge on any atom is -0.444 e. The molecule has 0 saturated carbocycles. The fourth-order valence-electron chi connectivity index (χ4n) is 3.86. The van der Waals surface area contributed by atoms with E-state index in [1.54, 1.807) is 28.8 Å². The maximum atomic E-state index is 13.0. The molecule has 2 saturated heterocycles. The average Bonchev–Trinajstić information content (AvgIpc) is 3.08. The molecule has 1 unspecified atom stereocenters. The molecular formula is C20H28ClN5O3S. The molecule has 10 heteroatoms. The van der Waals surface area contributed by atoms with Crippen molar-refractivity contribution >= 4 is 39.2 Å². The van der Waals surface area contributed by atoms with Gasteiger partial charge in [-0.1, -0.05) is 11.6 Å². The van der Waals surface area contributed by atoms with Gasteiger partial charge in [-0.2, -0.15) is 0 Å². The van der Waals surface area contributed by atoms with Crippen LogP contribution in [-0.4, -0.2) is 87.5 Å². The maximum Gasteiger partial charge on any atom is 0.411 e. The standard InChI is InChI=1S/C20H28ClN5O3S/c1-19(2,3)29-18(27)26-5-4-25(24-6-8-28-9-7-24)13-20(26,21)11-16-10-15-12-22-14-23-17(15)30-16/h10,12,14H,4-9,11,13H2,1-3H3. The van der Waals surface area contributed by atoms with E-state index < -0.39 is 10.6 Å². The summed E-state index contributed by atoms with van der Waals surface area (Å²) in [6, 6.07) is 2.06. The molecule has 2 aliphatic heterocycles.